The van der Waals surface area contributed by atoms with Crippen molar-refractivity contribution in [2.24, 2.45) is 5.92 Å². The smallest absolute Gasteiger partial charge is 0.167 e. The molecule has 4 unspecified atom stereocenters. The summed E-state index contributed by atoms with van der Waals surface area (Å²) in [4.78, 5) is 0.896. The van der Waals surface area contributed by atoms with E-state index in [-0.39, 0.29) is 11.0 Å². The summed E-state index contributed by atoms with van der Waals surface area (Å²) in [6.07, 6.45) is 4.80. The van der Waals surface area contributed by atoms with Gasteiger partial charge in [-0.05, 0) is 30.9 Å². The molecule has 1 heterocycles. The monoisotopic (exact) mass is 250 g/mol. The zero-order chi connectivity index (χ0) is 11.9. The maximum absolute atomic E-state index is 12.4. The van der Waals surface area contributed by atoms with Gasteiger partial charge >= 0.3 is 0 Å². The topological polar surface area (TPSA) is 29.6 Å². The SMILES string of the molecule is CC1CCCCC12OC2S(=O)c1ccccc1. The van der Waals surface area contributed by atoms with Gasteiger partial charge in [-0.1, -0.05) is 38.0 Å². The number of hydrogen-bond donors (Lipinski definition) is 0. The van der Waals surface area contributed by atoms with Crippen molar-refractivity contribution in [3.05, 3.63) is 30.3 Å². The van der Waals surface area contributed by atoms with E-state index in [1.807, 2.05) is 30.3 Å². The summed E-state index contributed by atoms with van der Waals surface area (Å²) in [6.45, 7) is 2.24. The fourth-order valence-corrected chi connectivity index (χ4v) is 4.59. The Labute approximate surface area is 105 Å². The average Bonchev–Trinajstić information content (AvgIpc) is 3.09. The Morgan fingerprint density at radius 2 is 2.06 bits per heavy atom. The van der Waals surface area contributed by atoms with E-state index in [4.69, 9.17) is 4.74 Å². The van der Waals surface area contributed by atoms with Gasteiger partial charge in [0.15, 0.2) is 5.44 Å². The van der Waals surface area contributed by atoms with Crippen molar-refractivity contribution >= 4 is 10.8 Å². The predicted molar refractivity (Wildman–Crippen MR) is 68.1 cm³/mol. The Hall–Kier alpha value is -0.670. The molecule has 3 rings (SSSR count). The highest BCUT2D eigenvalue weighted by molar-refractivity contribution is 7.85. The lowest BCUT2D eigenvalue weighted by atomic mass is 9.80. The van der Waals surface area contributed by atoms with E-state index < -0.39 is 10.8 Å². The molecule has 2 aliphatic rings. The van der Waals surface area contributed by atoms with Gasteiger partial charge in [0.25, 0.3) is 0 Å². The van der Waals surface area contributed by atoms with E-state index in [0.717, 1.165) is 11.3 Å². The van der Waals surface area contributed by atoms with Crippen LogP contribution in [0.25, 0.3) is 0 Å². The molecule has 0 radical (unpaired) electrons. The minimum Gasteiger partial charge on any atom is -0.351 e. The van der Waals surface area contributed by atoms with E-state index in [2.05, 4.69) is 6.92 Å². The van der Waals surface area contributed by atoms with Crippen molar-refractivity contribution in [2.75, 3.05) is 0 Å². The first-order valence-corrected chi connectivity index (χ1v) is 7.59. The van der Waals surface area contributed by atoms with Gasteiger partial charge in [-0.15, -0.1) is 0 Å². The fraction of sp³-hybridized carbons (Fsp3) is 0.571. The van der Waals surface area contributed by atoms with Crippen LogP contribution in [0, 0.1) is 5.92 Å². The van der Waals surface area contributed by atoms with Crippen LogP contribution in [-0.2, 0) is 15.5 Å². The zero-order valence-corrected chi connectivity index (χ0v) is 10.9. The molecule has 2 fully saturated rings. The van der Waals surface area contributed by atoms with E-state index in [0.29, 0.717) is 5.92 Å². The molecule has 1 aromatic rings. The number of hydrogen-bond acceptors (Lipinski definition) is 2. The normalized spacial score (nSPS) is 37.9. The highest BCUT2D eigenvalue weighted by Gasteiger charge is 2.63. The summed E-state index contributed by atoms with van der Waals surface area (Å²) in [5.74, 6) is 0.550. The Kier molecular flexibility index (Phi) is 2.83. The molecule has 4 atom stereocenters. The maximum atomic E-state index is 12.4. The highest BCUT2D eigenvalue weighted by atomic mass is 32.2. The van der Waals surface area contributed by atoms with Gasteiger partial charge in [0.1, 0.15) is 5.60 Å². The molecule has 17 heavy (non-hydrogen) atoms. The van der Waals surface area contributed by atoms with Crippen molar-refractivity contribution in [1.29, 1.82) is 0 Å². The molecular weight excluding hydrogens is 232 g/mol. The molecule has 0 amide bonds. The Morgan fingerprint density at radius 1 is 1.29 bits per heavy atom. The van der Waals surface area contributed by atoms with Gasteiger partial charge in [-0.3, -0.25) is 4.21 Å². The molecule has 2 nitrogen and oxygen atoms in total. The van der Waals surface area contributed by atoms with E-state index in [1.165, 1.54) is 19.3 Å². The zero-order valence-electron chi connectivity index (χ0n) is 10.1. The Bertz CT molecular complexity index is 431. The molecular formula is C14H18O2S. The molecule has 1 spiro atoms. The molecule has 0 N–H and O–H groups in total. The third-order valence-corrected chi connectivity index (χ3v) is 5.75. The lowest BCUT2D eigenvalue weighted by molar-refractivity contribution is 0.171. The lowest BCUT2D eigenvalue weighted by Crippen LogP contribution is -2.30. The minimum absolute atomic E-state index is 0.0693. The molecule has 1 saturated heterocycles. The largest absolute Gasteiger partial charge is 0.351 e. The third-order valence-electron chi connectivity index (χ3n) is 4.13. The van der Waals surface area contributed by atoms with Crippen LogP contribution in [0.4, 0.5) is 0 Å². The summed E-state index contributed by atoms with van der Waals surface area (Å²) in [5, 5.41) is 0. The van der Waals surface area contributed by atoms with Crippen molar-refractivity contribution in [3.8, 4) is 0 Å². The quantitative estimate of drug-likeness (QED) is 0.755. The second-order valence-electron chi connectivity index (χ2n) is 5.16. The Morgan fingerprint density at radius 3 is 2.76 bits per heavy atom. The van der Waals surface area contributed by atoms with Gasteiger partial charge in [0, 0.05) is 4.90 Å². The standard InChI is InChI=1S/C14H18O2S/c1-11-7-5-6-10-14(11)13(16-14)17(15)12-8-3-2-4-9-12/h2-4,8-9,11,13H,5-7,10H2,1H3. The van der Waals surface area contributed by atoms with Crippen LogP contribution >= 0.6 is 0 Å². The molecule has 0 bridgehead atoms. The summed E-state index contributed by atoms with van der Waals surface area (Å²) in [7, 11) is -1.00. The first-order valence-electron chi connectivity index (χ1n) is 6.37. The molecule has 0 aromatic heterocycles. The van der Waals surface area contributed by atoms with Crippen LogP contribution in [0.15, 0.2) is 35.2 Å². The van der Waals surface area contributed by atoms with Crippen LogP contribution in [0.1, 0.15) is 32.6 Å². The van der Waals surface area contributed by atoms with Gasteiger partial charge in [0.2, 0.25) is 0 Å². The van der Waals surface area contributed by atoms with Crippen LogP contribution in [0.5, 0.6) is 0 Å². The number of rotatable bonds is 2. The molecule has 3 heteroatoms. The first kappa shape index (κ1) is 11.4. The first-order chi connectivity index (χ1) is 8.24. The Balaban J connectivity index is 1.78. The lowest BCUT2D eigenvalue weighted by Gasteiger charge is -2.25. The number of benzene rings is 1. The summed E-state index contributed by atoms with van der Waals surface area (Å²) in [5.41, 5.74) is -0.140. The van der Waals surface area contributed by atoms with Crippen LogP contribution in [0.3, 0.4) is 0 Å². The average molecular weight is 250 g/mol. The van der Waals surface area contributed by atoms with E-state index in [9.17, 15) is 4.21 Å². The highest BCUT2D eigenvalue weighted by Crippen LogP contribution is 2.53. The number of ether oxygens (including phenoxy) is 1. The maximum Gasteiger partial charge on any atom is 0.167 e. The number of epoxide rings is 1. The molecule has 1 saturated carbocycles. The van der Waals surface area contributed by atoms with Crippen LogP contribution in [-0.4, -0.2) is 15.2 Å². The third kappa shape index (κ3) is 1.85. The summed E-state index contributed by atoms with van der Waals surface area (Å²) < 4.78 is 18.3. The van der Waals surface area contributed by atoms with Crippen molar-refractivity contribution in [1.82, 2.24) is 0 Å². The van der Waals surface area contributed by atoms with E-state index in [1.54, 1.807) is 0 Å². The van der Waals surface area contributed by atoms with Crippen molar-refractivity contribution in [2.45, 2.75) is 48.5 Å². The second kappa shape index (κ2) is 4.21. The van der Waals surface area contributed by atoms with Crippen molar-refractivity contribution in [3.63, 3.8) is 0 Å². The minimum atomic E-state index is -1.00. The predicted octanol–water partition coefficient (Wildman–Crippen LogP) is 3.10. The summed E-state index contributed by atoms with van der Waals surface area (Å²) in [6, 6.07) is 9.69. The molecule has 1 aromatic carbocycles. The molecule has 92 valence electrons. The van der Waals surface area contributed by atoms with Gasteiger partial charge in [0.05, 0.1) is 10.8 Å². The molecule has 1 aliphatic heterocycles. The van der Waals surface area contributed by atoms with Gasteiger partial charge < -0.3 is 4.74 Å². The van der Waals surface area contributed by atoms with Crippen LogP contribution in [0.2, 0.25) is 0 Å². The second-order valence-corrected chi connectivity index (χ2v) is 6.66. The van der Waals surface area contributed by atoms with Gasteiger partial charge in [-0.2, -0.15) is 0 Å². The van der Waals surface area contributed by atoms with Crippen LogP contribution < -0.4 is 0 Å². The van der Waals surface area contributed by atoms with Gasteiger partial charge in [-0.25, -0.2) is 0 Å². The molecule has 1 aliphatic carbocycles. The van der Waals surface area contributed by atoms with E-state index >= 15 is 0 Å². The van der Waals surface area contributed by atoms with Crippen molar-refractivity contribution < 1.29 is 8.95 Å². The summed E-state index contributed by atoms with van der Waals surface area (Å²) >= 11 is 0. The fourth-order valence-electron chi connectivity index (χ4n) is 2.94.